The van der Waals surface area contributed by atoms with Gasteiger partial charge in [-0.1, -0.05) is 6.07 Å². The van der Waals surface area contributed by atoms with Crippen molar-refractivity contribution in [3.63, 3.8) is 0 Å². The zero-order valence-corrected chi connectivity index (χ0v) is 9.39. The van der Waals surface area contributed by atoms with Crippen molar-refractivity contribution >= 4 is 16.6 Å². The molecule has 0 bridgehead atoms. The van der Waals surface area contributed by atoms with E-state index in [2.05, 4.69) is 4.98 Å². The van der Waals surface area contributed by atoms with Crippen molar-refractivity contribution in [2.24, 2.45) is 0 Å². The fourth-order valence-corrected chi connectivity index (χ4v) is 1.69. The van der Waals surface area contributed by atoms with Gasteiger partial charge < -0.3 is 5.73 Å². The van der Waals surface area contributed by atoms with Crippen LogP contribution < -0.4 is 5.73 Å². The van der Waals surface area contributed by atoms with Crippen molar-refractivity contribution in [2.45, 2.75) is 20.0 Å². The van der Waals surface area contributed by atoms with E-state index >= 15 is 0 Å². The van der Waals surface area contributed by atoms with Gasteiger partial charge in [-0.25, -0.2) is 0 Å². The Morgan fingerprint density at radius 2 is 1.82 bits per heavy atom. The summed E-state index contributed by atoms with van der Waals surface area (Å²) in [7, 11) is 0. The first-order chi connectivity index (χ1) is 7.80. The number of nitrogen functional groups attached to an aromatic ring is 1. The second-order valence-corrected chi connectivity index (χ2v) is 3.97. The van der Waals surface area contributed by atoms with Gasteiger partial charge in [0, 0.05) is 16.8 Å². The SMILES string of the molecule is Cc1nc2cc(C(F)(F)F)ccc2c(N)c1C. The molecule has 0 fully saturated rings. The van der Waals surface area contributed by atoms with Gasteiger partial charge in [0.05, 0.1) is 11.1 Å². The number of aromatic nitrogens is 1. The lowest BCUT2D eigenvalue weighted by Crippen LogP contribution is -2.05. The number of alkyl halides is 3. The van der Waals surface area contributed by atoms with E-state index in [0.717, 1.165) is 17.7 Å². The third-order valence-corrected chi connectivity index (χ3v) is 2.85. The maximum Gasteiger partial charge on any atom is 0.416 e. The molecule has 1 aromatic carbocycles. The molecule has 2 N–H and O–H groups in total. The lowest BCUT2D eigenvalue weighted by molar-refractivity contribution is -0.137. The average molecular weight is 240 g/mol. The van der Waals surface area contributed by atoms with Gasteiger partial charge in [-0.2, -0.15) is 13.2 Å². The molecule has 2 aromatic rings. The Kier molecular flexibility index (Phi) is 2.49. The number of anilines is 1. The molecule has 0 saturated carbocycles. The van der Waals surface area contributed by atoms with Gasteiger partial charge in [0.25, 0.3) is 0 Å². The van der Waals surface area contributed by atoms with Crippen LogP contribution in [-0.4, -0.2) is 4.98 Å². The highest BCUT2D eigenvalue weighted by Gasteiger charge is 2.30. The summed E-state index contributed by atoms with van der Waals surface area (Å²) in [4.78, 5) is 4.13. The number of hydrogen-bond acceptors (Lipinski definition) is 2. The van der Waals surface area contributed by atoms with Gasteiger partial charge in [0.15, 0.2) is 0 Å². The van der Waals surface area contributed by atoms with E-state index in [9.17, 15) is 13.2 Å². The summed E-state index contributed by atoms with van der Waals surface area (Å²) in [5.41, 5.74) is 7.36. The van der Waals surface area contributed by atoms with Gasteiger partial charge >= 0.3 is 6.18 Å². The molecular formula is C12H11F3N2. The standard InChI is InChI=1S/C12H11F3N2/c1-6-7(2)17-10-5-8(12(13,14)15)3-4-9(10)11(6)16/h3-5H,1-2H3,(H2,16,17). The molecule has 1 aromatic heterocycles. The number of benzene rings is 1. The van der Waals surface area contributed by atoms with Crippen LogP contribution in [0.25, 0.3) is 10.9 Å². The Morgan fingerprint density at radius 1 is 1.18 bits per heavy atom. The van der Waals surface area contributed by atoms with Gasteiger partial charge in [0.1, 0.15) is 0 Å². The first-order valence-corrected chi connectivity index (χ1v) is 5.04. The summed E-state index contributed by atoms with van der Waals surface area (Å²) < 4.78 is 37.6. The second kappa shape index (κ2) is 3.61. The summed E-state index contributed by atoms with van der Waals surface area (Å²) in [6, 6.07) is 3.42. The minimum atomic E-state index is -4.36. The third-order valence-electron chi connectivity index (χ3n) is 2.85. The van der Waals surface area contributed by atoms with Gasteiger partial charge in [-0.05, 0) is 31.5 Å². The maximum atomic E-state index is 12.5. The number of halogens is 3. The van der Waals surface area contributed by atoms with E-state index < -0.39 is 11.7 Å². The van der Waals surface area contributed by atoms with Crippen molar-refractivity contribution in [1.29, 1.82) is 0 Å². The molecule has 90 valence electrons. The monoisotopic (exact) mass is 240 g/mol. The largest absolute Gasteiger partial charge is 0.416 e. The quantitative estimate of drug-likeness (QED) is 0.765. The molecule has 2 nitrogen and oxygen atoms in total. The molecule has 0 aliphatic rings. The Labute approximate surface area is 96.3 Å². The Bertz CT molecular complexity index is 588. The maximum absolute atomic E-state index is 12.5. The molecule has 0 amide bonds. The molecular weight excluding hydrogens is 229 g/mol. The van der Waals surface area contributed by atoms with Crippen LogP contribution in [-0.2, 0) is 6.18 Å². The molecule has 1 heterocycles. The lowest BCUT2D eigenvalue weighted by Gasteiger charge is -2.11. The highest BCUT2D eigenvalue weighted by atomic mass is 19.4. The smallest absolute Gasteiger partial charge is 0.398 e. The summed E-state index contributed by atoms with van der Waals surface area (Å²) in [5.74, 6) is 0. The molecule has 2 rings (SSSR count). The van der Waals surface area contributed by atoms with E-state index in [4.69, 9.17) is 5.73 Å². The molecule has 0 unspecified atom stereocenters. The molecule has 0 aliphatic carbocycles. The number of fused-ring (bicyclic) bond motifs is 1. The van der Waals surface area contributed by atoms with Crippen LogP contribution in [0.4, 0.5) is 18.9 Å². The van der Waals surface area contributed by atoms with E-state index in [1.807, 2.05) is 0 Å². The number of aryl methyl sites for hydroxylation is 1. The second-order valence-electron chi connectivity index (χ2n) is 3.97. The van der Waals surface area contributed by atoms with Gasteiger partial charge in [-0.3, -0.25) is 4.98 Å². The number of pyridine rings is 1. The molecule has 5 heteroatoms. The molecule has 17 heavy (non-hydrogen) atoms. The number of hydrogen-bond donors (Lipinski definition) is 1. The predicted molar refractivity (Wildman–Crippen MR) is 60.6 cm³/mol. The Morgan fingerprint density at radius 3 is 2.41 bits per heavy atom. The fourth-order valence-electron chi connectivity index (χ4n) is 1.69. The van der Waals surface area contributed by atoms with E-state index in [1.165, 1.54) is 6.07 Å². The molecule has 0 atom stereocenters. The minimum absolute atomic E-state index is 0.278. The first kappa shape index (κ1) is 11.7. The van der Waals surface area contributed by atoms with Crippen LogP contribution in [0.1, 0.15) is 16.8 Å². The third kappa shape index (κ3) is 1.92. The summed E-state index contributed by atoms with van der Waals surface area (Å²) in [6.45, 7) is 3.53. The average Bonchev–Trinajstić information content (AvgIpc) is 2.24. The summed E-state index contributed by atoms with van der Waals surface area (Å²) in [6.07, 6.45) is -4.36. The predicted octanol–water partition coefficient (Wildman–Crippen LogP) is 3.45. The van der Waals surface area contributed by atoms with E-state index in [1.54, 1.807) is 13.8 Å². The van der Waals surface area contributed by atoms with Crippen molar-refractivity contribution < 1.29 is 13.2 Å². The highest BCUT2D eigenvalue weighted by Crippen LogP contribution is 2.33. The van der Waals surface area contributed by atoms with Crippen LogP contribution >= 0.6 is 0 Å². The van der Waals surface area contributed by atoms with Crippen molar-refractivity contribution in [3.05, 3.63) is 35.0 Å². The lowest BCUT2D eigenvalue weighted by atomic mass is 10.1. The first-order valence-electron chi connectivity index (χ1n) is 5.04. The van der Waals surface area contributed by atoms with Crippen LogP contribution in [0.2, 0.25) is 0 Å². The van der Waals surface area contributed by atoms with E-state index in [0.29, 0.717) is 16.8 Å². The minimum Gasteiger partial charge on any atom is -0.398 e. The zero-order valence-electron chi connectivity index (χ0n) is 9.39. The van der Waals surface area contributed by atoms with Crippen LogP contribution in [0.5, 0.6) is 0 Å². The molecule has 0 radical (unpaired) electrons. The Balaban J connectivity index is 2.76. The number of nitrogens with two attached hydrogens (primary N) is 1. The van der Waals surface area contributed by atoms with Crippen LogP contribution in [0, 0.1) is 13.8 Å². The number of nitrogens with zero attached hydrogens (tertiary/aromatic N) is 1. The molecule has 0 spiro atoms. The van der Waals surface area contributed by atoms with Crippen molar-refractivity contribution in [2.75, 3.05) is 5.73 Å². The van der Waals surface area contributed by atoms with Gasteiger partial charge in [-0.15, -0.1) is 0 Å². The summed E-state index contributed by atoms with van der Waals surface area (Å²) >= 11 is 0. The van der Waals surface area contributed by atoms with Crippen LogP contribution in [0.3, 0.4) is 0 Å². The highest BCUT2D eigenvalue weighted by molar-refractivity contribution is 5.92. The van der Waals surface area contributed by atoms with Crippen molar-refractivity contribution in [3.8, 4) is 0 Å². The molecule has 0 saturated heterocycles. The van der Waals surface area contributed by atoms with E-state index in [-0.39, 0.29) is 5.52 Å². The number of rotatable bonds is 0. The zero-order chi connectivity index (χ0) is 12.8. The topological polar surface area (TPSA) is 38.9 Å². The van der Waals surface area contributed by atoms with Crippen LogP contribution in [0.15, 0.2) is 18.2 Å². The Hall–Kier alpha value is -1.78. The molecule has 0 aliphatic heterocycles. The summed E-state index contributed by atoms with van der Waals surface area (Å²) in [5, 5.41) is 0.557. The van der Waals surface area contributed by atoms with Gasteiger partial charge in [0.2, 0.25) is 0 Å². The fraction of sp³-hybridized carbons (Fsp3) is 0.250. The normalized spacial score (nSPS) is 12.1. The van der Waals surface area contributed by atoms with Crippen molar-refractivity contribution in [1.82, 2.24) is 4.98 Å².